The van der Waals surface area contributed by atoms with Crippen LogP contribution in [0.15, 0.2) is 17.1 Å². The van der Waals surface area contributed by atoms with Gasteiger partial charge in [0, 0.05) is 12.7 Å². The minimum Gasteiger partial charge on any atom is -0.371 e. The van der Waals surface area contributed by atoms with Crippen LogP contribution in [-0.2, 0) is 0 Å². The summed E-state index contributed by atoms with van der Waals surface area (Å²) in [7, 11) is 0. The third-order valence-electron chi connectivity index (χ3n) is 1.77. The second kappa shape index (κ2) is 5.35. The molecule has 0 spiro atoms. The molecule has 0 aliphatic heterocycles. The first-order chi connectivity index (χ1) is 6.33. The molecule has 4 heteroatoms. The van der Waals surface area contributed by atoms with Crippen molar-refractivity contribution in [1.82, 2.24) is 9.97 Å². The predicted molar refractivity (Wildman–Crippen MR) is 52.9 cm³/mol. The third kappa shape index (κ3) is 3.73. The lowest BCUT2D eigenvalue weighted by Gasteiger charge is -2.03. The minimum absolute atomic E-state index is 0.305. The Hall–Kier alpha value is -1.32. The molecule has 2 N–H and O–H groups in total. The summed E-state index contributed by atoms with van der Waals surface area (Å²) in [5, 5.41) is 3.12. The number of hydrogen-bond donors (Lipinski definition) is 2. The van der Waals surface area contributed by atoms with Crippen molar-refractivity contribution in [3.63, 3.8) is 0 Å². The van der Waals surface area contributed by atoms with E-state index in [-0.39, 0.29) is 5.69 Å². The largest absolute Gasteiger partial charge is 0.371 e. The van der Waals surface area contributed by atoms with Gasteiger partial charge in [0.15, 0.2) is 0 Å². The van der Waals surface area contributed by atoms with Crippen molar-refractivity contribution in [2.75, 3.05) is 11.9 Å². The smallest absolute Gasteiger partial charge is 0.346 e. The molecule has 0 bridgehead atoms. The average Bonchev–Trinajstić information content (AvgIpc) is 2.13. The second-order valence-corrected chi connectivity index (χ2v) is 2.92. The minimum atomic E-state index is -0.305. The van der Waals surface area contributed by atoms with E-state index in [0.29, 0.717) is 0 Å². The van der Waals surface area contributed by atoms with Crippen LogP contribution >= 0.6 is 0 Å². The fraction of sp³-hybridized carbons (Fsp3) is 0.556. The summed E-state index contributed by atoms with van der Waals surface area (Å²) < 4.78 is 0. The van der Waals surface area contributed by atoms with Gasteiger partial charge in [-0.2, -0.15) is 0 Å². The maximum atomic E-state index is 10.8. The molecule has 1 aromatic heterocycles. The molecule has 13 heavy (non-hydrogen) atoms. The van der Waals surface area contributed by atoms with Gasteiger partial charge in [0.25, 0.3) is 0 Å². The Morgan fingerprint density at radius 2 is 2.38 bits per heavy atom. The number of nitrogens with one attached hydrogen (secondary N) is 2. The van der Waals surface area contributed by atoms with Crippen LogP contribution in [0.5, 0.6) is 0 Å². The Labute approximate surface area is 77.4 Å². The van der Waals surface area contributed by atoms with Gasteiger partial charge in [0.1, 0.15) is 5.82 Å². The molecule has 0 aromatic carbocycles. The maximum Gasteiger partial charge on any atom is 0.346 e. The van der Waals surface area contributed by atoms with Gasteiger partial charge < -0.3 is 5.32 Å². The first-order valence-corrected chi connectivity index (χ1v) is 4.62. The van der Waals surface area contributed by atoms with Crippen LogP contribution in [0.1, 0.15) is 26.2 Å². The standard InChI is InChI=1S/C9H15N3O/c1-2-3-4-6-10-8-5-7-11-9(13)12-8/h5,7H,2-4,6H2,1H3,(H2,10,11,12,13). The van der Waals surface area contributed by atoms with Crippen molar-refractivity contribution in [2.45, 2.75) is 26.2 Å². The Morgan fingerprint density at radius 1 is 1.54 bits per heavy atom. The van der Waals surface area contributed by atoms with Crippen LogP contribution in [-0.4, -0.2) is 16.5 Å². The topological polar surface area (TPSA) is 57.8 Å². The highest BCUT2D eigenvalue weighted by molar-refractivity contribution is 5.31. The molecule has 0 unspecified atom stereocenters. The van der Waals surface area contributed by atoms with Gasteiger partial charge in [0.2, 0.25) is 0 Å². The quantitative estimate of drug-likeness (QED) is 0.674. The highest BCUT2D eigenvalue weighted by Crippen LogP contribution is 1.98. The molecule has 0 aliphatic carbocycles. The highest BCUT2D eigenvalue weighted by atomic mass is 16.1. The molecule has 1 rings (SSSR count). The lowest BCUT2D eigenvalue weighted by Crippen LogP contribution is -2.13. The van der Waals surface area contributed by atoms with Crippen LogP contribution in [0.25, 0.3) is 0 Å². The molecule has 0 aliphatic rings. The van der Waals surface area contributed by atoms with Gasteiger partial charge in [-0.3, -0.25) is 4.98 Å². The van der Waals surface area contributed by atoms with Crippen LogP contribution in [0.3, 0.4) is 0 Å². The Kier molecular flexibility index (Phi) is 4.02. The van der Waals surface area contributed by atoms with Gasteiger partial charge in [0.05, 0.1) is 0 Å². The van der Waals surface area contributed by atoms with Crippen molar-refractivity contribution in [2.24, 2.45) is 0 Å². The predicted octanol–water partition coefficient (Wildman–Crippen LogP) is 1.37. The highest BCUT2D eigenvalue weighted by Gasteiger charge is 1.91. The summed E-state index contributed by atoms with van der Waals surface area (Å²) in [6.07, 6.45) is 5.04. The number of unbranched alkanes of at least 4 members (excludes halogenated alkanes) is 2. The zero-order valence-electron chi connectivity index (χ0n) is 7.84. The van der Waals surface area contributed by atoms with Gasteiger partial charge in [-0.05, 0) is 12.5 Å². The Balaban J connectivity index is 2.33. The number of aromatic nitrogens is 2. The lowest BCUT2D eigenvalue weighted by molar-refractivity contribution is 0.742. The molecule has 0 saturated carbocycles. The van der Waals surface area contributed by atoms with E-state index in [4.69, 9.17) is 0 Å². The first-order valence-electron chi connectivity index (χ1n) is 4.62. The monoisotopic (exact) mass is 181 g/mol. The van der Waals surface area contributed by atoms with Crippen molar-refractivity contribution in [3.05, 3.63) is 22.7 Å². The van der Waals surface area contributed by atoms with Gasteiger partial charge in [-0.15, -0.1) is 0 Å². The van der Waals surface area contributed by atoms with Crippen molar-refractivity contribution >= 4 is 5.82 Å². The van der Waals surface area contributed by atoms with E-state index in [9.17, 15) is 4.79 Å². The van der Waals surface area contributed by atoms with E-state index in [1.165, 1.54) is 19.0 Å². The van der Waals surface area contributed by atoms with Crippen LogP contribution in [0, 0.1) is 0 Å². The summed E-state index contributed by atoms with van der Waals surface area (Å²) in [6.45, 7) is 3.06. The van der Waals surface area contributed by atoms with Crippen LogP contribution < -0.4 is 11.0 Å². The number of aromatic amines is 1. The van der Waals surface area contributed by atoms with Crippen molar-refractivity contribution < 1.29 is 0 Å². The molecule has 4 nitrogen and oxygen atoms in total. The fourth-order valence-electron chi connectivity index (χ4n) is 1.07. The summed E-state index contributed by atoms with van der Waals surface area (Å²) in [5.41, 5.74) is -0.305. The molecule has 1 heterocycles. The van der Waals surface area contributed by atoms with Gasteiger partial charge in [-0.25, -0.2) is 9.78 Å². The Bertz CT molecular complexity index is 295. The second-order valence-electron chi connectivity index (χ2n) is 2.92. The number of rotatable bonds is 5. The number of hydrogen-bond acceptors (Lipinski definition) is 3. The fourth-order valence-corrected chi connectivity index (χ4v) is 1.07. The average molecular weight is 181 g/mol. The summed E-state index contributed by atoms with van der Waals surface area (Å²) in [4.78, 5) is 16.9. The first kappa shape index (κ1) is 9.77. The van der Waals surface area contributed by atoms with E-state index in [2.05, 4.69) is 22.2 Å². The zero-order chi connectivity index (χ0) is 9.52. The van der Waals surface area contributed by atoms with Gasteiger partial charge >= 0.3 is 5.69 Å². The van der Waals surface area contributed by atoms with E-state index < -0.39 is 0 Å². The molecule has 0 radical (unpaired) electrons. The molecular weight excluding hydrogens is 166 g/mol. The molecule has 1 aromatic rings. The van der Waals surface area contributed by atoms with Gasteiger partial charge in [-0.1, -0.05) is 19.8 Å². The number of nitrogens with zero attached hydrogens (tertiary/aromatic N) is 1. The molecule has 0 amide bonds. The number of H-pyrrole nitrogens is 1. The van der Waals surface area contributed by atoms with Crippen LogP contribution in [0.4, 0.5) is 5.82 Å². The normalized spacial score (nSPS) is 9.92. The van der Waals surface area contributed by atoms with Crippen molar-refractivity contribution in [3.8, 4) is 0 Å². The summed E-state index contributed by atoms with van der Waals surface area (Å²) in [5.74, 6) is 0.746. The maximum absolute atomic E-state index is 10.8. The number of anilines is 1. The zero-order valence-corrected chi connectivity index (χ0v) is 7.84. The summed E-state index contributed by atoms with van der Waals surface area (Å²) >= 11 is 0. The molecule has 0 fully saturated rings. The molecule has 0 atom stereocenters. The van der Waals surface area contributed by atoms with Crippen molar-refractivity contribution in [1.29, 1.82) is 0 Å². The molecule has 72 valence electrons. The van der Waals surface area contributed by atoms with E-state index in [1.807, 2.05) is 0 Å². The van der Waals surface area contributed by atoms with Crippen LogP contribution in [0.2, 0.25) is 0 Å². The SMILES string of the molecule is CCCCCNc1ccnc(=O)[nH]1. The van der Waals surface area contributed by atoms with E-state index >= 15 is 0 Å². The van der Waals surface area contributed by atoms with E-state index in [1.54, 1.807) is 6.07 Å². The summed E-state index contributed by atoms with van der Waals surface area (Å²) in [6, 6.07) is 1.76. The molecular formula is C9H15N3O. The van der Waals surface area contributed by atoms with E-state index in [0.717, 1.165) is 18.8 Å². The lowest BCUT2D eigenvalue weighted by atomic mass is 10.2. The molecule has 0 saturated heterocycles. The third-order valence-corrected chi connectivity index (χ3v) is 1.77. The Morgan fingerprint density at radius 3 is 3.08 bits per heavy atom.